The van der Waals surface area contributed by atoms with Crippen LogP contribution < -0.4 is 5.32 Å². The summed E-state index contributed by atoms with van der Waals surface area (Å²) in [6, 6.07) is 8.93. The minimum absolute atomic E-state index is 0.392. The van der Waals surface area contributed by atoms with Crippen molar-refractivity contribution in [2.75, 3.05) is 0 Å². The smallest absolute Gasteiger partial charge is 0.323 e. The predicted octanol–water partition coefficient (Wildman–Crippen LogP) is 3.61. The molecule has 2 aliphatic carbocycles. The second kappa shape index (κ2) is 6.01. The lowest BCUT2D eigenvalue weighted by Gasteiger charge is -2.38. The van der Waals surface area contributed by atoms with Crippen molar-refractivity contribution in [2.24, 2.45) is 0 Å². The Hall–Kier alpha value is -1.00. The molecule has 0 saturated heterocycles. The molecule has 2 saturated carbocycles. The first-order valence-electron chi connectivity index (χ1n) is 7.82. The first-order chi connectivity index (χ1) is 10.1. The Labute approximate surface area is 130 Å². The number of nitrogens with one attached hydrogen (secondary N) is 1. The Kier molecular flexibility index (Phi) is 4.27. The molecular weight excluding hydrogens is 282 g/mol. The minimum Gasteiger partial charge on any atom is -0.480 e. The molecule has 1 aromatic rings. The number of carboxylic acids is 1. The normalized spacial score (nSPS) is 29.3. The fourth-order valence-electron chi connectivity index (χ4n) is 3.21. The maximum absolute atomic E-state index is 11.8. The first-order valence-corrected chi connectivity index (χ1v) is 8.70. The molecule has 0 aliphatic heterocycles. The van der Waals surface area contributed by atoms with Gasteiger partial charge in [0.2, 0.25) is 0 Å². The van der Waals surface area contributed by atoms with Crippen molar-refractivity contribution in [3.05, 3.63) is 29.8 Å². The fourth-order valence-corrected chi connectivity index (χ4v) is 4.66. The molecule has 114 valence electrons. The van der Waals surface area contributed by atoms with Crippen LogP contribution in [-0.2, 0) is 4.79 Å². The van der Waals surface area contributed by atoms with Gasteiger partial charge in [0.25, 0.3) is 0 Å². The lowest BCUT2D eigenvalue weighted by Crippen LogP contribution is -2.56. The van der Waals surface area contributed by atoms with Crippen LogP contribution in [0.3, 0.4) is 0 Å². The van der Waals surface area contributed by atoms with Crippen LogP contribution in [0.25, 0.3) is 0 Å². The summed E-state index contributed by atoms with van der Waals surface area (Å²) in [5.41, 5.74) is 0.567. The van der Waals surface area contributed by atoms with E-state index in [1.165, 1.54) is 10.5 Å². The highest BCUT2D eigenvalue weighted by atomic mass is 32.2. The highest BCUT2D eigenvalue weighted by Gasteiger charge is 2.46. The van der Waals surface area contributed by atoms with Crippen molar-refractivity contribution >= 4 is 17.7 Å². The zero-order valence-electron chi connectivity index (χ0n) is 12.5. The van der Waals surface area contributed by atoms with Gasteiger partial charge in [0.05, 0.1) is 0 Å². The van der Waals surface area contributed by atoms with Crippen molar-refractivity contribution in [1.29, 1.82) is 0 Å². The standard InChI is InChI=1S/C17H23NO2S/c1-12-4-2-5-14(10-12)21-15-6-3-9-17(11-15,16(19)20)18-13-7-8-13/h2,4-5,10,13,15,18H,3,6-9,11H2,1H3,(H,19,20). The van der Waals surface area contributed by atoms with E-state index in [1.807, 2.05) is 11.8 Å². The Balaban J connectivity index is 1.70. The van der Waals surface area contributed by atoms with Crippen LogP contribution in [-0.4, -0.2) is 27.9 Å². The third-order valence-corrected chi connectivity index (χ3v) is 5.73. The lowest BCUT2D eigenvalue weighted by molar-refractivity contribution is -0.146. The van der Waals surface area contributed by atoms with Crippen molar-refractivity contribution in [3.8, 4) is 0 Å². The average molecular weight is 305 g/mol. The molecule has 0 aromatic heterocycles. The minimum atomic E-state index is -0.694. The fraction of sp³-hybridized carbons (Fsp3) is 0.588. The molecule has 1 aromatic carbocycles. The number of rotatable bonds is 5. The van der Waals surface area contributed by atoms with Crippen LogP contribution >= 0.6 is 11.8 Å². The Morgan fingerprint density at radius 2 is 2.19 bits per heavy atom. The summed E-state index contributed by atoms with van der Waals surface area (Å²) in [5, 5.41) is 13.5. The van der Waals surface area contributed by atoms with E-state index in [9.17, 15) is 9.90 Å². The van der Waals surface area contributed by atoms with Gasteiger partial charge in [-0.15, -0.1) is 11.8 Å². The number of hydrogen-bond donors (Lipinski definition) is 2. The quantitative estimate of drug-likeness (QED) is 0.872. The Bertz CT molecular complexity index is 529. The summed E-state index contributed by atoms with van der Waals surface area (Å²) < 4.78 is 0. The third-order valence-electron chi connectivity index (χ3n) is 4.47. The van der Waals surface area contributed by atoms with E-state index in [-0.39, 0.29) is 0 Å². The third kappa shape index (κ3) is 3.61. The number of benzene rings is 1. The van der Waals surface area contributed by atoms with Gasteiger partial charge in [0.1, 0.15) is 5.54 Å². The summed E-state index contributed by atoms with van der Waals surface area (Å²) in [5.74, 6) is -0.663. The van der Waals surface area contributed by atoms with E-state index in [2.05, 4.69) is 36.5 Å². The molecule has 2 N–H and O–H groups in total. The lowest BCUT2D eigenvalue weighted by atomic mass is 9.81. The van der Waals surface area contributed by atoms with Crippen LogP contribution in [0.4, 0.5) is 0 Å². The largest absolute Gasteiger partial charge is 0.480 e. The molecule has 4 heteroatoms. The van der Waals surface area contributed by atoms with Crippen LogP contribution in [0.5, 0.6) is 0 Å². The molecule has 0 spiro atoms. The summed E-state index contributed by atoms with van der Waals surface area (Å²) in [4.78, 5) is 13.1. The van der Waals surface area contributed by atoms with E-state index < -0.39 is 11.5 Å². The molecule has 3 nitrogen and oxygen atoms in total. The number of carboxylic acid groups (broad SMARTS) is 1. The van der Waals surface area contributed by atoms with E-state index in [0.29, 0.717) is 11.3 Å². The molecule has 2 atom stereocenters. The van der Waals surface area contributed by atoms with E-state index in [0.717, 1.165) is 38.5 Å². The van der Waals surface area contributed by atoms with Gasteiger partial charge in [-0.2, -0.15) is 0 Å². The van der Waals surface area contributed by atoms with Gasteiger partial charge in [-0.05, 0) is 57.6 Å². The zero-order valence-corrected chi connectivity index (χ0v) is 13.3. The van der Waals surface area contributed by atoms with E-state index in [1.54, 1.807) is 0 Å². The Morgan fingerprint density at radius 3 is 2.86 bits per heavy atom. The van der Waals surface area contributed by atoms with Crippen LogP contribution in [0.1, 0.15) is 44.1 Å². The molecular formula is C17H23NO2S. The molecule has 2 fully saturated rings. The van der Waals surface area contributed by atoms with Crippen LogP contribution in [0.15, 0.2) is 29.2 Å². The van der Waals surface area contributed by atoms with E-state index >= 15 is 0 Å². The number of aliphatic carboxylic acids is 1. The second-order valence-electron chi connectivity index (χ2n) is 6.46. The molecule has 0 bridgehead atoms. The molecule has 0 heterocycles. The SMILES string of the molecule is Cc1cccc(SC2CCCC(NC3CC3)(C(=O)O)C2)c1. The first kappa shape index (κ1) is 14.9. The van der Waals surface area contributed by atoms with E-state index in [4.69, 9.17) is 0 Å². The number of aryl methyl sites for hydroxylation is 1. The van der Waals surface area contributed by atoms with Gasteiger partial charge < -0.3 is 5.11 Å². The van der Waals surface area contributed by atoms with Crippen LogP contribution in [0, 0.1) is 6.92 Å². The number of carbonyl (C=O) groups is 1. The molecule has 2 unspecified atom stereocenters. The summed E-state index contributed by atoms with van der Waals surface area (Å²) in [7, 11) is 0. The molecule has 21 heavy (non-hydrogen) atoms. The van der Waals surface area contributed by atoms with Crippen molar-refractivity contribution in [3.63, 3.8) is 0 Å². The molecule has 2 aliphatic rings. The van der Waals surface area contributed by atoms with Gasteiger partial charge >= 0.3 is 5.97 Å². The van der Waals surface area contributed by atoms with Crippen LogP contribution in [0.2, 0.25) is 0 Å². The highest BCUT2D eigenvalue weighted by Crippen LogP contribution is 2.40. The van der Waals surface area contributed by atoms with Crippen molar-refractivity contribution < 1.29 is 9.90 Å². The maximum Gasteiger partial charge on any atom is 0.323 e. The maximum atomic E-state index is 11.8. The van der Waals surface area contributed by atoms with Crippen molar-refractivity contribution in [2.45, 2.75) is 67.2 Å². The van der Waals surface area contributed by atoms with Gasteiger partial charge in [-0.3, -0.25) is 10.1 Å². The summed E-state index contributed by atoms with van der Waals surface area (Å²) in [6.45, 7) is 2.10. The number of hydrogen-bond acceptors (Lipinski definition) is 3. The van der Waals surface area contributed by atoms with Gasteiger partial charge in [-0.1, -0.05) is 17.7 Å². The van der Waals surface area contributed by atoms with Gasteiger partial charge in [0.15, 0.2) is 0 Å². The van der Waals surface area contributed by atoms with Gasteiger partial charge in [0, 0.05) is 16.2 Å². The monoisotopic (exact) mass is 305 g/mol. The highest BCUT2D eigenvalue weighted by molar-refractivity contribution is 8.00. The zero-order chi connectivity index (χ0) is 14.9. The molecule has 3 rings (SSSR count). The summed E-state index contributed by atoms with van der Waals surface area (Å²) in [6.07, 6.45) is 5.87. The predicted molar refractivity (Wildman–Crippen MR) is 85.8 cm³/mol. The molecule has 0 amide bonds. The Morgan fingerprint density at radius 1 is 1.38 bits per heavy atom. The summed E-state index contributed by atoms with van der Waals surface area (Å²) >= 11 is 1.84. The average Bonchev–Trinajstić information content (AvgIpc) is 3.23. The van der Waals surface area contributed by atoms with Gasteiger partial charge in [-0.25, -0.2) is 0 Å². The molecule has 0 radical (unpaired) electrons. The second-order valence-corrected chi connectivity index (χ2v) is 7.83. The number of thioether (sulfide) groups is 1. The van der Waals surface area contributed by atoms with Crippen molar-refractivity contribution in [1.82, 2.24) is 5.32 Å². The topological polar surface area (TPSA) is 49.3 Å².